The second-order valence-corrected chi connectivity index (χ2v) is 11.3. The molecule has 0 aliphatic rings. The van der Waals surface area contributed by atoms with E-state index in [0.29, 0.717) is 0 Å². The number of fused-ring (bicyclic) bond motifs is 3. The number of hydrogen-bond donors (Lipinski definition) is 2. The predicted octanol–water partition coefficient (Wildman–Crippen LogP) is 11.8. The zero-order valence-electron chi connectivity index (χ0n) is 25.2. The summed E-state index contributed by atoms with van der Waals surface area (Å²) >= 11 is 0. The molecule has 0 saturated heterocycles. The van der Waals surface area contributed by atoms with Crippen molar-refractivity contribution in [2.75, 3.05) is 11.1 Å². The molecule has 8 aromatic rings. The fourth-order valence-corrected chi connectivity index (χ4v) is 6.19. The molecule has 0 spiro atoms. The molecule has 2 heteroatoms. The Morgan fingerprint density at radius 3 is 1.53 bits per heavy atom. The maximum absolute atomic E-state index is 6.15. The molecule has 0 heterocycles. The van der Waals surface area contributed by atoms with Gasteiger partial charge in [0.1, 0.15) is 0 Å². The third-order valence-corrected chi connectivity index (χ3v) is 8.34. The highest BCUT2D eigenvalue weighted by atomic mass is 14.9. The van der Waals surface area contributed by atoms with E-state index >= 15 is 0 Å². The third-order valence-electron chi connectivity index (χ3n) is 8.34. The lowest BCUT2D eigenvalue weighted by atomic mass is 9.85. The van der Waals surface area contributed by atoms with E-state index in [9.17, 15) is 0 Å². The molecule has 3 N–H and O–H groups in total. The van der Waals surface area contributed by atoms with E-state index in [2.05, 4.69) is 140 Å². The Morgan fingerprint density at radius 2 is 0.933 bits per heavy atom. The average molecular weight is 579 g/mol. The van der Waals surface area contributed by atoms with Crippen LogP contribution < -0.4 is 11.1 Å². The van der Waals surface area contributed by atoms with Gasteiger partial charge < -0.3 is 11.1 Å². The van der Waals surface area contributed by atoms with Crippen molar-refractivity contribution in [1.82, 2.24) is 0 Å². The maximum atomic E-state index is 6.15. The minimum atomic E-state index is 0.734. The van der Waals surface area contributed by atoms with Gasteiger partial charge >= 0.3 is 0 Å². The molecule has 8 rings (SSSR count). The zero-order valence-corrected chi connectivity index (χ0v) is 25.2. The largest absolute Gasteiger partial charge is 0.397 e. The molecule has 0 aromatic heterocycles. The van der Waals surface area contributed by atoms with Gasteiger partial charge in [0.15, 0.2) is 0 Å². The van der Waals surface area contributed by atoms with Crippen LogP contribution in [0.1, 0.15) is 5.56 Å². The Bertz CT molecular complexity index is 2190. The minimum absolute atomic E-state index is 0.734. The summed E-state index contributed by atoms with van der Waals surface area (Å²) in [5.74, 6) is 0. The van der Waals surface area contributed by atoms with Gasteiger partial charge in [0.2, 0.25) is 0 Å². The Morgan fingerprint density at radius 1 is 0.422 bits per heavy atom. The summed E-state index contributed by atoms with van der Waals surface area (Å²) in [6, 6.07) is 59.6. The van der Waals surface area contributed by atoms with E-state index < -0.39 is 0 Å². The zero-order chi connectivity index (χ0) is 30.6. The second-order valence-electron chi connectivity index (χ2n) is 11.3. The number of hydrogen-bond acceptors (Lipinski definition) is 2. The molecule has 0 aliphatic carbocycles. The number of nitrogens with one attached hydrogen (secondary N) is 1. The van der Waals surface area contributed by atoms with Crippen LogP contribution in [0.25, 0.3) is 54.6 Å². The van der Waals surface area contributed by atoms with Crippen LogP contribution in [0, 0.1) is 6.92 Å². The van der Waals surface area contributed by atoms with Gasteiger partial charge in [-0.15, -0.1) is 0 Å². The number of nitrogens with two attached hydrogens (primary N) is 1. The predicted molar refractivity (Wildman–Crippen MR) is 195 cm³/mol. The topological polar surface area (TPSA) is 38.0 Å². The molecule has 0 saturated carbocycles. The van der Waals surface area contributed by atoms with E-state index in [-0.39, 0.29) is 0 Å². The van der Waals surface area contributed by atoms with Crippen LogP contribution >= 0.6 is 0 Å². The number of aryl methyl sites for hydroxylation is 1. The normalized spacial score (nSPS) is 10.9. The van der Waals surface area contributed by atoms with Crippen molar-refractivity contribution in [1.29, 1.82) is 0 Å². The second kappa shape index (κ2) is 12.4. The monoisotopic (exact) mass is 578 g/mol. The van der Waals surface area contributed by atoms with Gasteiger partial charge in [-0.2, -0.15) is 0 Å². The van der Waals surface area contributed by atoms with Crippen LogP contribution in [0.3, 0.4) is 0 Å². The lowest BCUT2D eigenvalue weighted by molar-refractivity contribution is 1.48. The van der Waals surface area contributed by atoms with E-state index in [4.69, 9.17) is 5.73 Å². The first-order valence-corrected chi connectivity index (χ1v) is 15.3. The Labute approximate surface area is 264 Å². The number of anilines is 3. The summed E-state index contributed by atoms with van der Waals surface area (Å²) in [7, 11) is 0. The van der Waals surface area contributed by atoms with Crippen molar-refractivity contribution in [2.24, 2.45) is 0 Å². The number of benzene rings is 8. The molecule has 2 nitrogen and oxygen atoms in total. The molecule has 0 amide bonds. The van der Waals surface area contributed by atoms with Crippen molar-refractivity contribution < 1.29 is 0 Å². The number of para-hydroxylation sites is 2. The summed E-state index contributed by atoms with van der Waals surface area (Å²) in [6.07, 6.45) is 0. The van der Waals surface area contributed by atoms with Crippen molar-refractivity contribution in [3.8, 4) is 22.3 Å². The van der Waals surface area contributed by atoms with E-state index in [1.807, 2.05) is 42.5 Å². The van der Waals surface area contributed by atoms with Crippen LogP contribution in [0.2, 0.25) is 0 Å². The van der Waals surface area contributed by atoms with Crippen LogP contribution in [0.5, 0.6) is 0 Å². The fraction of sp³-hybridized carbons (Fsp3) is 0.0233. The molecular weight excluding hydrogens is 544 g/mol. The lowest BCUT2D eigenvalue weighted by Crippen LogP contribution is -1.96. The Hall–Kier alpha value is -5.86. The van der Waals surface area contributed by atoms with Gasteiger partial charge in [-0.25, -0.2) is 0 Å². The summed E-state index contributed by atoms with van der Waals surface area (Å²) < 4.78 is 0. The standard InChI is InChI=1S/C36H26N2.C7H8/c37-33-18-7-8-19-34(33)38-26-22-20-25(21-23-26)35-29-13-3-5-15-31(29)36(32-16-6-4-14-30(32)35)28-17-9-11-24-10-1-2-12-27(24)28;1-7-5-3-2-4-6-7/h1-23,38H,37H2;2-6H,1H3. The highest BCUT2D eigenvalue weighted by Crippen LogP contribution is 2.45. The first kappa shape index (κ1) is 27.9. The van der Waals surface area contributed by atoms with Gasteiger partial charge in [0.05, 0.1) is 11.4 Å². The average Bonchev–Trinajstić information content (AvgIpc) is 3.09. The maximum Gasteiger partial charge on any atom is 0.0617 e. The summed E-state index contributed by atoms with van der Waals surface area (Å²) in [5.41, 5.74) is 15.1. The number of nitrogen functional groups attached to an aromatic ring is 1. The molecular formula is C43H34N2. The van der Waals surface area contributed by atoms with Crippen molar-refractivity contribution in [3.63, 3.8) is 0 Å². The molecule has 0 atom stereocenters. The first-order valence-electron chi connectivity index (χ1n) is 15.3. The lowest BCUT2D eigenvalue weighted by Gasteiger charge is -2.19. The molecule has 0 bridgehead atoms. The van der Waals surface area contributed by atoms with Crippen LogP contribution in [0.4, 0.5) is 17.1 Å². The third kappa shape index (κ3) is 5.62. The van der Waals surface area contributed by atoms with Crippen molar-refractivity contribution in [2.45, 2.75) is 6.92 Å². The molecule has 0 unspecified atom stereocenters. The van der Waals surface area contributed by atoms with Crippen LogP contribution in [-0.4, -0.2) is 0 Å². The molecule has 0 fully saturated rings. The van der Waals surface area contributed by atoms with Gasteiger partial charge in [-0.3, -0.25) is 0 Å². The molecule has 8 aromatic carbocycles. The Balaban J connectivity index is 0.000000412. The highest BCUT2D eigenvalue weighted by molar-refractivity contribution is 6.23. The van der Waals surface area contributed by atoms with Gasteiger partial charge in [-0.1, -0.05) is 151 Å². The van der Waals surface area contributed by atoms with E-state index in [1.54, 1.807) is 0 Å². The van der Waals surface area contributed by atoms with E-state index in [1.165, 1.54) is 60.1 Å². The SMILES string of the molecule is Cc1ccccc1.Nc1ccccc1Nc1ccc(-c2c3ccccc3c(-c3cccc4ccccc34)c3ccccc23)cc1. The van der Waals surface area contributed by atoms with Gasteiger partial charge in [0.25, 0.3) is 0 Å². The van der Waals surface area contributed by atoms with Crippen molar-refractivity contribution in [3.05, 3.63) is 175 Å². The van der Waals surface area contributed by atoms with Crippen LogP contribution in [-0.2, 0) is 0 Å². The Kier molecular flexibility index (Phi) is 7.70. The molecule has 0 aliphatic heterocycles. The summed E-state index contributed by atoms with van der Waals surface area (Å²) in [6.45, 7) is 2.08. The summed E-state index contributed by atoms with van der Waals surface area (Å²) in [5, 5.41) is 11.0. The number of rotatable bonds is 4. The first-order chi connectivity index (χ1) is 22.2. The van der Waals surface area contributed by atoms with Gasteiger partial charge in [-0.05, 0) is 85.8 Å². The van der Waals surface area contributed by atoms with E-state index in [0.717, 1.165) is 17.1 Å². The fourth-order valence-electron chi connectivity index (χ4n) is 6.19. The minimum Gasteiger partial charge on any atom is -0.397 e. The molecule has 216 valence electrons. The van der Waals surface area contributed by atoms with Crippen LogP contribution in [0.15, 0.2) is 170 Å². The van der Waals surface area contributed by atoms with Gasteiger partial charge in [0, 0.05) is 5.69 Å². The quantitative estimate of drug-likeness (QED) is 0.161. The highest BCUT2D eigenvalue weighted by Gasteiger charge is 2.17. The summed E-state index contributed by atoms with van der Waals surface area (Å²) in [4.78, 5) is 0. The van der Waals surface area contributed by atoms with Crippen molar-refractivity contribution >= 4 is 49.4 Å². The molecule has 45 heavy (non-hydrogen) atoms. The smallest absolute Gasteiger partial charge is 0.0617 e. The molecule has 0 radical (unpaired) electrons.